The number of hydrogen-bond donors (Lipinski definition) is 2. The molecule has 0 unspecified atom stereocenters. The molecular weight excluding hydrogens is 316 g/mol. The van der Waals surface area contributed by atoms with Crippen LogP contribution in [0.3, 0.4) is 0 Å². The van der Waals surface area contributed by atoms with Crippen LogP contribution < -0.4 is 20.1 Å². The maximum absolute atomic E-state index is 5.34. The van der Waals surface area contributed by atoms with Gasteiger partial charge in [0.25, 0.3) is 0 Å². The van der Waals surface area contributed by atoms with Crippen molar-refractivity contribution in [1.29, 1.82) is 0 Å². The molecule has 0 aliphatic rings. The third-order valence-corrected chi connectivity index (χ3v) is 3.90. The molecule has 6 heteroatoms. The van der Waals surface area contributed by atoms with E-state index in [1.54, 1.807) is 26.0 Å². The Hall–Kier alpha value is -1.92. The van der Waals surface area contributed by atoms with Crippen LogP contribution in [0.15, 0.2) is 47.4 Å². The molecule has 2 rings (SSSR count). The summed E-state index contributed by atoms with van der Waals surface area (Å²) in [6, 6.07) is 13.6. The van der Waals surface area contributed by atoms with Crippen LogP contribution in [0.4, 0.5) is 11.4 Å². The van der Waals surface area contributed by atoms with Crippen LogP contribution >= 0.6 is 24.0 Å². The maximum Gasteiger partial charge on any atom is 0.175 e. The molecule has 0 aliphatic carbocycles. The van der Waals surface area contributed by atoms with Crippen LogP contribution in [-0.4, -0.2) is 25.6 Å². The average Bonchev–Trinajstić information content (AvgIpc) is 2.54. The largest absolute Gasteiger partial charge is 0.493 e. The smallest absolute Gasteiger partial charge is 0.175 e. The van der Waals surface area contributed by atoms with Crippen LogP contribution in [0.25, 0.3) is 0 Å². The number of thioether (sulfide) groups is 1. The zero-order valence-corrected chi connectivity index (χ0v) is 14.3. The van der Waals surface area contributed by atoms with E-state index in [0.29, 0.717) is 16.6 Å². The van der Waals surface area contributed by atoms with Gasteiger partial charge in [-0.3, -0.25) is 0 Å². The molecule has 0 atom stereocenters. The molecule has 4 nitrogen and oxygen atoms in total. The summed E-state index contributed by atoms with van der Waals surface area (Å²) in [6.07, 6.45) is 2.04. The minimum atomic E-state index is 0.519. The van der Waals surface area contributed by atoms with Gasteiger partial charge in [0.15, 0.2) is 16.6 Å². The fourth-order valence-corrected chi connectivity index (χ4v) is 2.60. The lowest BCUT2D eigenvalue weighted by Gasteiger charge is -2.13. The number of rotatable bonds is 5. The minimum absolute atomic E-state index is 0.519. The third kappa shape index (κ3) is 4.29. The molecular formula is C16H18N2O2S2. The van der Waals surface area contributed by atoms with Crippen LogP contribution in [-0.2, 0) is 0 Å². The van der Waals surface area contributed by atoms with Crippen LogP contribution in [0.1, 0.15) is 0 Å². The van der Waals surface area contributed by atoms with E-state index in [1.807, 2.05) is 42.7 Å². The van der Waals surface area contributed by atoms with Gasteiger partial charge in [0.2, 0.25) is 0 Å². The van der Waals surface area contributed by atoms with E-state index >= 15 is 0 Å². The van der Waals surface area contributed by atoms with Gasteiger partial charge in [-0.1, -0.05) is 6.07 Å². The summed E-state index contributed by atoms with van der Waals surface area (Å²) in [4.78, 5) is 1.18. The molecule has 0 aliphatic heterocycles. The number of benzene rings is 2. The van der Waals surface area contributed by atoms with Crippen LogP contribution in [0, 0.1) is 0 Å². The number of ether oxygens (including phenoxy) is 2. The predicted molar refractivity (Wildman–Crippen MR) is 97.6 cm³/mol. The summed E-state index contributed by atoms with van der Waals surface area (Å²) in [7, 11) is 3.21. The van der Waals surface area contributed by atoms with Gasteiger partial charge in [-0.15, -0.1) is 11.8 Å². The standard InChI is InChI=1S/C16H18N2O2S2/c1-19-14-8-7-12(10-15(14)20-2)18-16(21)17-11-5-4-6-13(9-11)22-3/h4-10H,1-3H3,(H2,17,18,21). The second kappa shape index (κ2) is 7.91. The average molecular weight is 334 g/mol. The van der Waals surface area contributed by atoms with E-state index in [-0.39, 0.29) is 0 Å². The third-order valence-electron chi connectivity index (χ3n) is 2.97. The van der Waals surface area contributed by atoms with Crippen molar-refractivity contribution in [2.45, 2.75) is 4.90 Å². The first kappa shape index (κ1) is 16.5. The number of thiocarbonyl (C=S) groups is 1. The molecule has 0 radical (unpaired) electrons. The fraction of sp³-hybridized carbons (Fsp3) is 0.188. The maximum atomic E-state index is 5.34. The van der Waals surface area contributed by atoms with Gasteiger partial charge in [0, 0.05) is 22.3 Å². The van der Waals surface area contributed by atoms with E-state index in [0.717, 1.165) is 11.4 Å². The second-order valence-corrected chi connectivity index (χ2v) is 5.67. The number of hydrogen-bond acceptors (Lipinski definition) is 4. The summed E-state index contributed by atoms with van der Waals surface area (Å²) in [5.74, 6) is 1.33. The van der Waals surface area contributed by atoms with Gasteiger partial charge in [-0.25, -0.2) is 0 Å². The van der Waals surface area contributed by atoms with Gasteiger partial charge in [-0.2, -0.15) is 0 Å². The van der Waals surface area contributed by atoms with Crippen molar-refractivity contribution < 1.29 is 9.47 Å². The summed E-state index contributed by atoms with van der Waals surface area (Å²) < 4.78 is 10.5. The molecule has 22 heavy (non-hydrogen) atoms. The molecule has 0 saturated carbocycles. The predicted octanol–water partition coefficient (Wildman–Crippen LogP) is 4.23. The normalized spacial score (nSPS) is 9.95. The Morgan fingerprint density at radius 1 is 0.955 bits per heavy atom. The molecule has 0 amide bonds. The van der Waals surface area contributed by atoms with Crippen molar-refractivity contribution in [2.24, 2.45) is 0 Å². The topological polar surface area (TPSA) is 42.5 Å². The lowest BCUT2D eigenvalue weighted by atomic mass is 10.2. The van der Waals surface area contributed by atoms with Crippen LogP contribution in [0.2, 0.25) is 0 Å². The minimum Gasteiger partial charge on any atom is -0.493 e. The van der Waals surface area contributed by atoms with Crippen molar-refractivity contribution >= 4 is 40.5 Å². The molecule has 2 aromatic carbocycles. The molecule has 0 saturated heterocycles. The van der Waals surface area contributed by atoms with E-state index in [9.17, 15) is 0 Å². The van der Waals surface area contributed by atoms with E-state index < -0.39 is 0 Å². The Bertz CT molecular complexity index is 662. The highest BCUT2D eigenvalue weighted by atomic mass is 32.2. The lowest BCUT2D eigenvalue weighted by molar-refractivity contribution is 0.355. The van der Waals surface area contributed by atoms with Crippen molar-refractivity contribution in [3.05, 3.63) is 42.5 Å². The van der Waals surface area contributed by atoms with E-state index in [1.165, 1.54) is 4.90 Å². The zero-order valence-electron chi connectivity index (χ0n) is 12.7. The molecule has 2 N–H and O–H groups in total. The summed E-state index contributed by atoms with van der Waals surface area (Å²) in [5, 5.41) is 6.82. The highest BCUT2D eigenvalue weighted by molar-refractivity contribution is 7.98. The molecule has 0 bridgehead atoms. The summed E-state index contributed by atoms with van der Waals surface area (Å²) >= 11 is 7.03. The van der Waals surface area contributed by atoms with Gasteiger partial charge >= 0.3 is 0 Å². The Kier molecular flexibility index (Phi) is 5.91. The molecule has 0 aromatic heterocycles. The van der Waals surface area contributed by atoms with Gasteiger partial charge < -0.3 is 20.1 Å². The molecule has 2 aromatic rings. The first-order valence-electron chi connectivity index (χ1n) is 6.60. The zero-order chi connectivity index (χ0) is 15.9. The number of nitrogens with one attached hydrogen (secondary N) is 2. The van der Waals surface area contributed by atoms with Crippen molar-refractivity contribution in [3.8, 4) is 11.5 Å². The van der Waals surface area contributed by atoms with Crippen molar-refractivity contribution in [2.75, 3.05) is 31.1 Å². The molecule has 0 spiro atoms. The Labute approximate surface area is 140 Å². The fourth-order valence-electron chi connectivity index (χ4n) is 1.91. The molecule has 116 valence electrons. The first-order valence-corrected chi connectivity index (χ1v) is 8.23. The summed E-state index contributed by atoms with van der Waals surface area (Å²) in [5.41, 5.74) is 1.78. The lowest BCUT2D eigenvalue weighted by Crippen LogP contribution is -2.19. The van der Waals surface area contributed by atoms with E-state index in [2.05, 4.69) is 16.7 Å². The Balaban J connectivity index is 2.05. The Morgan fingerprint density at radius 3 is 2.27 bits per heavy atom. The quantitative estimate of drug-likeness (QED) is 0.630. The second-order valence-electron chi connectivity index (χ2n) is 4.38. The van der Waals surface area contributed by atoms with Gasteiger partial charge in [0.1, 0.15) is 0 Å². The van der Waals surface area contributed by atoms with Crippen LogP contribution in [0.5, 0.6) is 11.5 Å². The molecule has 0 heterocycles. The van der Waals surface area contributed by atoms with Gasteiger partial charge in [-0.05, 0) is 48.8 Å². The number of methoxy groups -OCH3 is 2. The van der Waals surface area contributed by atoms with Crippen molar-refractivity contribution in [3.63, 3.8) is 0 Å². The highest BCUT2D eigenvalue weighted by Gasteiger charge is 2.06. The summed E-state index contributed by atoms with van der Waals surface area (Å²) in [6.45, 7) is 0. The molecule has 0 fully saturated rings. The van der Waals surface area contributed by atoms with E-state index in [4.69, 9.17) is 21.7 Å². The van der Waals surface area contributed by atoms with Crippen molar-refractivity contribution in [1.82, 2.24) is 0 Å². The number of anilines is 2. The first-order chi connectivity index (χ1) is 10.7. The SMILES string of the molecule is COc1ccc(NC(=S)Nc2cccc(SC)c2)cc1OC. The highest BCUT2D eigenvalue weighted by Crippen LogP contribution is 2.29. The van der Waals surface area contributed by atoms with Gasteiger partial charge in [0.05, 0.1) is 14.2 Å². The monoisotopic (exact) mass is 334 g/mol. The Morgan fingerprint density at radius 2 is 1.64 bits per heavy atom.